The number of nitrogens with one attached hydrogen (secondary N) is 2. The third-order valence-electron chi connectivity index (χ3n) is 6.85. The Bertz CT molecular complexity index is 1300. The molecule has 0 saturated carbocycles. The lowest BCUT2D eigenvalue weighted by atomic mass is 10.0. The minimum Gasteiger partial charge on any atom is -0.484 e. The number of carbonyl (C=O) groups excluding carboxylic acids is 1. The highest BCUT2D eigenvalue weighted by Crippen LogP contribution is 2.34. The standard InChI is InChI=1S/C29H33F3N6O2/c1-3-37-13-15-38(16-14-37)19-22-5-8-23(17-26(22)29(30,31)32)35-27(39)20-40-24-9-6-21(7-10-24)25(18-33)28-34-11-4-12-36(28)2/h4-12,17-18,33H,3,13-16,19-20H2,1-2H3,(H,35,39)/b28-25+,33-18?. The number of hydrogen-bond acceptors (Lipinski definition) is 7. The Kier molecular flexibility index (Phi) is 9.38. The number of carbonyl (C=O) groups is 1. The van der Waals surface area contributed by atoms with Crippen molar-refractivity contribution in [3.63, 3.8) is 0 Å². The first-order valence-electron chi connectivity index (χ1n) is 13.0. The first-order chi connectivity index (χ1) is 19.2. The number of likely N-dealkylation sites (N-methyl/N-ethyl adjacent to an activating group) is 1. The van der Waals surface area contributed by atoms with Gasteiger partial charge in [0.1, 0.15) is 11.6 Å². The molecule has 1 fully saturated rings. The monoisotopic (exact) mass is 554 g/mol. The third kappa shape index (κ3) is 7.36. The van der Waals surface area contributed by atoms with Gasteiger partial charge in [0.2, 0.25) is 0 Å². The van der Waals surface area contributed by atoms with Crippen LogP contribution in [0.3, 0.4) is 0 Å². The van der Waals surface area contributed by atoms with Crippen LogP contribution in [0.15, 0.2) is 65.6 Å². The summed E-state index contributed by atoms with van der Waals surface area (Å²) in [4.78, 5) is 22.9. The SMILES string of the molecule is CCN1CCN(Cc2ccc(NC(=O)COc3ccc(/C(C=N)=C4\N=CC=CN4C)cc3)cc2C(F)(F)F)CC1. The number of halogens is 3. The van der Waals surface area contributed by atoms with Crippen LogP contribution in [0.25, 0.3) is 5.57 Å². The zero-order valence-electron chi connectivity index (χ0n) is 22.5. The maximum Gasteiger partial charge on any atom is 0.416 e. The molecule has 2 aromatic rings. The predicted octanol–water partition coefficient (Wildman–Crippen LogP) is 4.71. The van der Waals surface area contributed by atoms with Crippen LogP contribution in [-0.2, 0) is 17.5 Å². The van der Waals surface area contributed by atoms with Gasteiger partial charge in [-0.1, -0.05) is 25.1 Å². The van der Waals surface area contributed by atoms with Crippen LogP contribution in [0.4, 0.5) is 18.9 Å². The lowest BCUT2D eigenvalue weighted by molar-refractivity contribution is -0.138. The molecule has 0 unspecified atom stereocenters. The summed E-state index contributed by atoms with van der Waals surface area (Å²) >= 11 is 0. The number of amides is 1. The average molecular weight is 555 g/mol. The molecule has 0 radical (unpaired) electrons. The second kappa shape index (κ2) is 12.9. The molecule has 0 spiro atoms. The molecule has 0 atom stereocenters. The maximum absolute atomic E-state index is 13.9. The number of nitrogens with zero attached hydrogens (tertiary/aromatic N) is 4. The van der Waals surface area contributed by atoms with Crippen molar-refractivity contribution in [3.8, 4) is 5.75 Å². The van der Waals surface area contributed by atoms with Crippen molar-refractivity contribution >= 4 is 29.6 Å². The average Bonchev–Trinajstić information content (AvgIpc) is 2.94. The minimum atomic E-state index is -4.54. The van der Waals surface area contributed by atoms with E-state index in [1.54, 1.807) is 41.5 Å². The van der Waals surface area contributed by atoms with Crippen molar-refractivity contribution in [2.24, 2.45) is 4.99 Å². The first kappa shape index (κ1) is 29.0. The van der Waals surface area contributed by atoms with E-state index >= 15 is 0 Å². The fourth-order valence-electron chi connectivity index (χ4n) is 4.62. The van der Waals surface area contributed by atoms with Gasteiger partial charge >= 0.3 is 6.18 Å². The summed E-state index contributed by atoms with van der Waals surface area (Å²) in [5.74, 6) is 0.449. The smallest absolute Gasteiger partial charge is 0.416 e. The molecule has 2 aromatic carbocycles. The van der Waals surface area contributed by atoms with Crippen molar-refractivity contribution in [1.82, 2.24) is 14.7 Å². The maximum atomic E-state index is 13.9. The molecule has 11 heteroatoms. The zero-order chi connectivity index (χ0) is 28.7. The van der Waals surface area contributed by atoms with Crippen LogP contribution in [0.5, 0.6) is 5.75 Å². The molecule has 8 nitrogen and oxygen atoms in total. The van der Waals surface area contributed by atoms with Crippen molar-refractivity contribution < 1.29 is 22.7 Å². The van der Waals surface area contributed by atoms with E-state index in [0.717, 1.165) is 31.3 Å². The second-order valence-corrected chi connectivity index (χ2v) is 9.55. The Morgan fingerprint density at radius 1 is 1.10 bits per heavy atom. The molecule has 0 aliphatic carbocycles. The molecule has 1 saturated heterocycles. The summed E-state index contributed by atoms with van der Waals surface area (Å²) in [6.07, 6.45) is 1.95. The summed E-state index contributed by atoms with van der Waals surface area (Å²) in [6.45, 7) is 5.92. The minimum absolute atomic E-state index is 0.0595. The fourth-order valence-corrected chi connectivity index (χ4v) is 4.62. The van der Waals surface area contributed by atoms with E-state index < -0.39 is 17.6 Å². The van der Waals surface area contributed by atoms with Crippen molar-refractivity contribution in [2.75, 3.05) is 51.7 Å². The highest BCUT2D eigenvalue weighted by molar-refractivity contribution is 6.09. The van der Waals surface area contributed by atoms with Gasteiger partial charge in [-0.2, -0.15) is 13.2 Å². The van der Waals surface area contributed by atoms with Crippen molar-refractivity contribution in [3.05, 3.63) is 77.3 Å². The topological polar surface area (TPSA) is 84.3 Å². The fraction of sp³-hybridized carbons (Fsp3) is 0.345. The molecule has 2 aliphatic heterocycles. The number of allylic oxidation sites excluding steroid dienone is 2. The molecular formula is C29H33F3N6O2. The van der Waals surface area contributed by atoms with Gasteiger partial charge in [-0.15, -0.1) is 0 Å². The van der Waals surface area contributed by atoms with E-state index in [-0.39, 0.29) is 24.4 Å². The molecule has 4 rings (SSSR count). The van der Waals surface area contributed by atoms with Crippen molar-refractivity contribution in [1.29, 1.82) is 5.41 Å². The molecule has 2 N–H and O–H groups in total. The number of alkyl halides is 3. The van der Waals surface area contributed by atoms with E-state index in [1.165, 1.54) is 18.3 Å². The van der Waals surface area contributed by atoms with Crippen LogP contribution >= 0.6 is 0 Å². The highest BCUT2D eigenvalue weighted by Gasteiger charge is 2.34. The van der Waals surface area contributed by atoms with Crippen LogP contribution < -0.4 is 10.1 Å². The Morgan fingerprint density at radius 2 is 1.80 bits per heavy atom. The van der Waals surface area contributed by atoms with Gasteiger partial charge in [0.25, 0.3) is 5.91 Å². The number of piperazine rings is 1. The van der Waals surface area contributed by atoms with E-state index in [2.05, 4.69) is 22.1 Å². The van der Waals surface area contributed by atoms with E-state index in [9.17, 15) is 18.0 Å². The quantitative estimate of drug-likeness (QED) is 0.439. The molecule has 1 amide bonds. The van der Waals surface area contributed by atoms with Gasteiger partial charge in [-0.3, -0.25) is 9.69 Å². The molecule has 2 heterocycles. The molecule has 0 aromatic heterocycles. The first-order valence-corrected chi connectivity index (χ1v) is 13.0. The van der Waals surface area contributed by atoms with Gasteiger partial charge in [-0.25, -0.2) is 4.99 Å². The molecular weight excluding hydrogens is 521 g/mol. The Balaban J connectivity index is 1.37. The summed E-state index contributed by atoms with van der Waals surface area (Å²) < 4.78 is 47.1. The van der Waals surface area contributed by atoms with Gasteiger partial charge < -0.3 is 25.3 Å². The summed E-state index contributed by atoms with van der Waals surface area (Å²) in [6, 6.07) is 10.7. The normalized spacial score (nSPS) is 17.6. The number of anilines is 1. The largest absolute Gasteiger partial charge is 0.484 e. The predicted molar refractivity (Wildman–Crippen MR) is 151 cm³/mol. The van der Waals surface area contributed by atoms with Gasteiger partial charge in [-0.05, 0) is 48.0 Å². The van der Waals surface area contributed by atoms with Gasteiger partial charge in [0, 0.05) is 69.7 Å². The molecule has 40 heavy (non-hydrogen) atoms. The van der Waals surface area contributed by atoms with Crippen LogP contribution in [0.2, 0.25) is 0 Å². The number of hydrogen-bond donors (Lipinski definition) is 2. The lowest BCUT2D eigenvalue weighted by Gasteiger charge is -2.34. The third-order valence-corrected chi connectivity index (χ3v) is 6.85. The number of rotatable bonds is 9. The summed E-state index contributed by atoms with van der Waals surface area (Å²) in [7, 11) is 1.84. The van der Waals surface area contributed by atoms with Crippen LogP contribution in [0, 0.1) is 5.41 Å². The Morgan fingerprint density at radius 3 is 2.42 bits per heavy atom. The second-order valence-electron chi connectivity index (χ2n) is 9.55. The van der Waals surface area contributed by atoms with Crippen LogP contribution in [-0.4, -0.2) is 79.4 Å². The molecule has 2 aliphatic rings. The molecule has 212 valence electrons. The van der Waals surface area contributed by atoms with Gasteiger partial charge in [0.15, 0.2) is 6.61 Å². The van der Waals surface area contributed by atoms with E-state index in [4.69, 9.17) is 10.1 Å². The highest BCUT2D eigenvalue weighted by atomic mass is 19.4. The Labute approximate surface area is 231 Å². The van der Waals surface area contributed by atoms with Crippen LogP contribution in [0.1, 0.15) is 23.6 Å². The van der Waals surface area contributed by atoms with E-state index in [1.807, 2.05) is 18.1 Å². The number of aliphatic imine (C=N–C) groups is 1. The number of ether oxygens (including phenoxy) is 1. The Hall–Kier alpha value is -3.96. The summed E-state index contributed by atoms with van der Waals surface area (Å²) in [5, 5.41) is 10.3. The van der Waals surface area contributed by atoms with Gasteiger partial charge in [0.05, 0.1) is 5.56 Å². The van der Waals surface area contributed by atoms with E-state index in [0.29, 0.717) is 30.2 Å². The summed E-state index contributed by atoms with van der Waals surface area (Å²) in [5.41, 5.74) is 0.850. The van der Waals surface area contributed by atoms with Crippen molar-refractivity contribution in [2.45, 2.75) is 19.6 Å². The number of benzene rings is 2. The zero-order valence-corrected chi connectivity index (χ0v) is 22.5. The molecule has 0 bridgehead atoms. The lowest BCUT2D eigenvalue weighted by Crippen LogP contribution is -2.45.